The second-order valence-corrected chi connectivity index (χ2v) is 6.72. The van der Waals surface area contributed by atoms with E-state index in [-0.39, 0.29) is 12.6 Å². The van der Waals surface area contributed by atoms with Gasteiger partial charge in [-0.1, -0.05) is 29.3 Å². The molecule has 0 saturated heterocycles. The minimum absolute atomic E-state index is 0.233. The topological polar surface area (TPSA) is 58.6 Å². The molecular weight excluding hydrogens is 371 g/mol. The number of esters is 1. The Labute approximate surface area is 154 Å². The molecular formula is C16H16Cl2N2O3S. The van der Waals surface area contributed by atoms with E-state index in [0.29, 0.717) is 31.7 Å². The number of halogens is 2. The van der Waals surface area contributed by atoms with Crippen molar-refractivity contribution < 1.29 is 14.3 Å². The number of urea groups is 1. The van der Waals surface area contributed by atoms with Crippen molar-refractivity contribution in [3.05, 3.63) is 39.2 Å². The van der Waals surface area contributed by atoms with E-state index in [0.717, 1.165) is 0 Å². The summed E-state index contributed by atoms with van der Waals surface area (Å²) < 4.78 is 5.13. The number of hydrogen-bond acceptors (Lipinski definition) is 4. The summed E-state index contributed by atoms with van der Waals surface area (Å²) in [6, 6.07) is 4.76. The summed E-state index contributed by atoms with van der Waals surface area (Å²) >= 11 is 13.3. The van der Waals surface area contributed by atoms with Gasteiger partial charge < -0.3 is 9.64 Å². The van der Waals surface area contributed by atoms with Gasteiger partial charge in [-0.2, -0.15) is 0 Å². The summed E-state index contributed by atoms with van der Waals surface area (Å²) in [5, 5.41) is 5.72. The Morgan fingerprint density at radius 2 is 1.96 bits per heavy atom. The van der Waals surface area contributed by atoms with E-state index >= 15 is 0 Å². The van der Waals surface area contributed by atoms with E-state index in [4.69, 9.17) is 27.9 Å². The number of thiophene rings is 1. The standard InChI is InChI=1S/C16H16Cl2N2O3S/c1-4-23-15(21)13-10(9-5-6-11(17)12(18)7-9)8-24-14(13)19-16(22)20(2)3/h5-8H,4H2,1-3H3,(H,19,22). The molecule has 0 unspecified atom stereocenters. The van der Waals surface area contributed by atoms with Crippen LogP contribution in [-0.2, 0) is 4.74 Å². The van der Waals surface area contributed by atoms with E-state index in [1.807, 2.05) is 0 Å². The van der Waals surface area contributed by atoms with Gasteiger partial charge in [0.2, 0.25) is 0 Å². The van der Waals surface area contributed by atoms with E-state index in [2.05, 4.69) is 5.32 Å². The third-order valence-corrected chi connectivity index (χ3v) is 4.76. The smallest absolute Gasteiger partial charge is 0.341 e. The fourth-order valence-corrected chi connectivity index (χ4v) is 3.19. The van der Waals surface area contributed by atoms with Crippen molar-refractivity contribution >= 4 is 51.5 Å². The molecule has 128 valence electrons. The second kappa shape index (κ2) is 7.88. The summed E-state index contributed by atoms with van der Waals surface area (Å²) in [5.41, 5.74) is 1.65. The van der Waals surface area contributed by atoms with Crippen molar-refractivity contribution in [3.8, 4) is 11.1 Å². The molecule has 1 aromatic carbocycles. The number of carbonyl (C=O) groups excluding carboxylic acids is 2. The molecule has 0 aliphatic heterocycles. The van der Waals surface area contributed by atoms with E-state index in [9.17, 15) is 9.59 Å². The average molecular weight is 387 g/mol. The third kappa shape index (κ3) is 4.01. The molecule has 2 amide bonds. The van der Waals surface area contributed by atoms with Gasteiger partial charge in [-0.25, -0.2) is 9.59 Å². The van der Waals surface area contributed by atoms with Gasteiger partial charge in [0.15, 0.2) is 0 Å². The lowest BCUT2D eigenvalue weighted by Gasteiger charge is -2.13. The molecule has 0 radical (unpaired) electrons. The summed E-state index contributed by atoms with van der Waals surface area (Å²) in [7, 11) is 3.24. The van der Waals surface area contributed by atoms with Gasteiger partial charge in [-0.3, -0.25) is 5.32 Å². The van der Waals surface area contributed by atoms with Crippen LogP contribution >= 0.6 is 34.5 Å². The highest BCUT2D eigenvalue weighted by atomic mass is 35.5. The molecule has 1 N–H and O–H groups in total. The molecule has 5 nitrogen and oxygen atoms in total. The Hall–Kier alpha value is -1.76. The van der Waals surface area contributed by atoms with Crippen LogP contribution < -0.4 is 5.32 Å². The fourth-order valence-electron chi connectivity index (χ4n) is 1.94. The molecule has 0 aliphatic rings. The van der Waals surface area contributed by atoms with Gasteiger partial charge in [0.05, 0.1) is 16.7 Å². The van der Waals surface area contributed by atoms with Crippen LogP contribution in [0.1, 0.15) is 17.3 Å². The maximum absolute atomic E-state index is 12.4. The van der Waals surface area contributed by atoms with Gasteiger partial charge in [0.1, 0.15) is 10.6 Å². The number of hydrogen-bond donors (Lipinski definition) is 1. The van der Waals surface area contributed by atoms with Gasteiger partial charge in [-0.05, 0) is 24.6 Å². The van der Waals surface area contributed by atoms with Crippen LogP contribution in [0.2, 0.25) is 10.0 Å². The Bertz CT molecular complexity index is 775. The highest BCUT2D eigenvalue weighted by molar-refractivity contribution is 7.15. The highest BCUT2D eigenvalue weighted by Crippen LogP contribution is 2.38. The van der Waals surface area contributed by atoms with Crippen LogP contribution in [0.4, 0.5) is 9.80 Å². The van der Waals surface area contributed by atoms with Gasteiger partial charge >= 0.3 is 12.0 Å². The lowest BCUT2D eigenvalue weighted by molar-refractivity contribution is 0.0529. The van der Waals surface area contributed by atoms with E-state index < -0.39 is 5.97 Å². The molecule has 2 aromatic rings. The highest BCUT2D eigenvalue weighted by Gasteiger charge is 2.23. The predicted molar refractivity (Wildman–Crippen MR) is 98.4 cm³/mol. The minimum Gasteiger partial charge on any atom is -0.462 e. The quantitative estimate of drug-likeness (QED) is 0.752. The summed E-state index contributed by atoms with van der Waals surface area (Å²) in [6.07, 6.45) is 0. The number of anilines is 1. The molecule has 1 aromatic heterocycles. The van der Waals surface area contributed by atoms with Crippen LogP contribution in [0.15, 0.2) is 23.6 Å². The number of benzene rings is 1. The fraction of sp³-hybridized carbons (Fsp3) is 0.250. The Morgan fingerprint density at radius 3 is 2.54 bits per heavy atom. The molecule has 8 heteroatoms. The van der Waals surface area contributed by atoms with Crippen molar-refractivity contribution in [2.45, 2.75) is 6.92 Å². The molecule has 24 heavy (non-hydrogen) atoms. The number of carbonyl (C=O) groups is 2. The van der Waals surface area contributed by atoms with Crippen LogP contribution in [0.5, 0.6) is 0 Å². The molecule has 1 heterocycles. The molecule has 0 spiro atoms. The number of nitrogens with one attached hydrogen (secondary N) is 1. The van der Waals surface area contributed by atoms with Crippen LogP contribution in [0, 0.1) is 0 Å². The molecule has 0 saturated carbocycles. The average Bonchev–Trinajstić information content (AvgIpc) is 2.93. The summed E-state index contributed by atoms with van der Waals surface area (Å²) in [5.74, 6) is -0.506. The maximum atomic E-state index is 12.4. The lowest BCUT2D eigenvalue weighted by atomic mass is 10.0. The first kappa shape index (κ1) is 18.6. The summed E-state index contributed by atoms with van der Waals surface area (Å²) in [6.45, 7) is 1.96. The third-order valence-electron chi connectivity index (χ3n) is 3.13. The Morgan fingerprint density at radius 1 is 1.25 bits per heavy atom. The zero-order valence-corrected chi connectivity index (χ0v) is 15.7. The monoisotopic (exact) mass is 386 g/mol. The van der Waals surface area contributed by atoms with Crippen molar-refractivity contribution in [2.24, 2.45) is 0 Å². The van der Waals surface area contributed by atoms with Gasteiger partial charge in [0.25, 0.3) is 0 Å². The molecule has 0 fully saturated rings. The first-order valence-corrected chi connectivity index (χ1v) is 8.71. The first-order chi connectivity index (χ1) is 11.3. The van der Waals surface area contributed by atoms with Crippen molar-refractivity contribution in [2.75, 3.05) is 26.0 Å². The number of ether oxygens (including phenoxy) is 1. The van der Waals surface area contributed by atoms with Crippen molar-refractivity contribution in [1.82, 2.24) is 4.90 Å². The largest absolute Gasteiger partial charge is 0.462 e. The van der Waals surface area contributed by atoms with Gasteiger partial charge in [-0.15, -0.1) is 11.3 Å². The summed E-state index contributed by atoms with van der Waals surface area (Å²) in [4.78, 5) is 25.7. The van der Waals surface area contributed by atoms with Crippen LogP contribution in [-0.4, -0.2) is 37.6 Å². The van der Waals surface area contributed by atoms with E-state index in [1.165, 1.54) is 16.2 Å². The SMILES string of the molecule is CCOC(=O)c1c(-c2ccc(Cl)c(Cl)c2)csc1NC(=O)N(C)C. The number of rotatable bonds is 4. The molecule has 2 rings (SSSR count). The minimum atomic E-state index is -0.506. The lowest BCUT2D eigenvalue weighted by Crippen LogP contribution is -2.27. The van der Waals surface area contributed by atoms with Crippen molar-refractivity contribution in [3.63, 3.8) is 0 Å². The Balaban J connectivity index is 2.51. The number of amides is 2. The number of nitrogens with zero attached hydrogens (tertiary/aromatic N) is 1. The first-order valence-electron chi connectivity index (χ1n) is 7.07. The zero-order chi connectivity index (χ0) is 17.9. The Kier molecular flexibility index (Phi) is 6.10. The maximum Gasteiger partial charge on any atom is 0.341 e. The molecule has 0 atom stereocenters. The van der Waals surface area contributed by atoms with Crippen LogP contribution in [0.25, 0.3) is 11.1 Å². The molecule has 0 bridgehead atoms. The second-order valence-electron chi connectivity index (χ2n) is 5.03. The predicted octanol–water partition coefficient (Wildman–Crippen LogP) is 4.99. The van der Waals surface area contributed by atoms with Crippen LogP contribution in [0.3, 0.4) is 0 Å². The normalized spacial score (nSPS) is 10.4. The van der Waals surface area contributed by atoms with Crippen molar-refractivity contribution in [1.29, 1.82) is 0 Å². The molecule has 0 aliphatic carbocycles. The van der Waals surface area contributed by atoms with E-state index in [1.54, 1.807) is 44.6 Å². The van der Waals surface area contributed by atoms with Gasteiger partial charge in [0, 0.05) is 25.0 Å². The zero-order valence-electron chi connectivity index (χ0n) is 13.4.